The summed E-state index contributed by atoms with van der Waals surface area (Å²) in [6.07, 6.45) is 4.74. The standard InChI is InChI=1S/C17H17ClN2O/c1-20(17(21)15-11-13(18)9-10-19-15)16-8-4-6-12-5-2-3-7-14(12)16/h2-3,5,7,9-11,16H,4,6,8H2,1H3. The van der Waals surface area contributed by atoms with Crippen LogP contribution in [0.5, 0.6) is 0 Å². The molecule has 3 rings (SSSR count). The lowest BCUT2D eigenvalue weighted by molar-refractivity contribution is 0.0709. The van der Waals surface area contributed by atoms with Crippen LogP contribution < -0.4 is 0 Å². The highest BCUT2D eigenvalue weighted by Gasteiger charge is 2.27. The molecule has 3 nitrogen and oxygen atoms in total. The summed E-state index contributed by atoms with van der Waals surface area (Å²) in [4.78, 5) is 18.5. The van der Waals surface area contributed by atoms with Crippen molar-refractivity contribution >= 4 is 17.5 Å². The summed E-state index contributed by atoms with van der Waals surface area (Å²) < 4.78 is 0. The van der Waals surface area contributed by atoms with Crippen LogP contribution in [0.25, 0.3) is 0 Å². The van der Waals surface area contributed by atoms with E-state index < -0.39 is 0 Å². The second-order valence-corrected chi connectivity index (χ2v) is 5.82. The number of aryl methyl sites for hydroxylation is 1. The molecule has 0 bridgehead atoms. The van der Waals surface area contributed by atoms with E-state index in [0.717, 1.165) is 19.3 Å². The molecule has 1 amide bonds. The first-order valence-electron chi connectivity index (χ1n) is 7.13. The molecule has 0 aliphatic heterocycles. The zero-order valence-corrected chi connectivity index (χ0v) is 12.7. The summed E-state index contributed by atoms with van der Waals surface area (Å²) in [7, 11) is 1.84. The third-order valence-electron chi connectivity index (χ3n) is 4.07. The summed E-state index contributed by atoms with van der Waals surface area (Å²) in [6, 6.07) is 11.8. The molecule has 0 fully saturated rings. The van der Waals surface area contributed by atoms with Gasteiger partial charge >= 0.3 is 0 Å². The second-order valence-electron chi connectivity index (χ2n) is 5.38. The smallest absolute Gasteiger partial charge is 0.272 e. The fraction of sp³-hybridized carbons (Fsp3) is 0.294. The molecule has 1 aliphatic carbocycles. The van der Waals surface area contributed by atoms with E-state index in [9.17, 15) is 4.79 Å². The number of carbonyl (C=O) groups is 1. The quantitative estimate of drug-likeness (QED) is 0.843. The Morgan fingerprint density at radius 1 is 1.33 bits per heavy atom. The van der Waals surface area contributed by atoms with E-state index in [4.69, 9.17) is 11.6 Å². The number of halogens is 1. The van der Waals surface area contributed by atoms with Gasteiger partial charge in [0.25, 0.3) is 5.91 Å². The van der Waals surface area contributed by atoms with Crippen molar-refractivity contribution in [3.8, 4) is 0 Å². The van der Waals surface area contributed by atoms with E-state index in [0.29, 0.717) is 10.7 Å². The highest BCUT2D eigenvalue weighted by Crippen LogP contribution is 2.34. The number of carbonyl (C=O) groups excluding carboxylic acids is 1. The van der Waals surface area contributed by atoms with Crippen molar-refractivity contribution in [1.82, 2.24) is 9.88 Å². The van der Waals surface area contributed by atoms with Crippen molar-refractivity contribution in [2.45, 2.75) is 25.3 Å². The van der Waals surface area contributed by atoms with Crippen molar-refractivity contribution < 1.29 is 4.79 Å². The fourth-order valence-electron chi connectivity index (χ4n) is 2.97. The first kappa shape index (κ1) is 14.1. The van der Waals surface area contributed by atoms with E-state index >= 15 is 0 Å². The number of hydrogen-bond donors (Lipinski definition) is 0. The Bertz CT molecular complexity index is 671. The molecule has 4 heteroatoms. The van der Waals surface area contributed by atoms with E-state index in [1.54, 1.807) is 23.2 Å². The zero-order valence-electron chi connectivity index (χ0n) is 11.9. The van der Waals surface area contributed by atoms with Crippen LogP contribution in [0.15, 0.2) is 42.6 Å². The van der Waals surface area contributed by atoms with Crippen LogP contribution in [0.2, 0.25) is 5.02 Å². The Morgan fingerprint density at radius 3 is 2.95 bits per heavy atom. The average Bonchev–Trinajstić information content (AvgIpc) is 2.53. The third kappa shape index (κ3) is 2.79. The molecule has 108 valence electrons. The van der Waals surface area contributed by atoms with Crippen LogP contribution in [-0.4, -0.2) is 22.8 Å². The van der Waals surface area contributed by atoms with Gasteiger partial charge in [-0.2, -0.15) is 0 Å². The van der Waals surface area contributed by atoms with Crippen LogP contribution in [0, 0.1) is 0 Å². The van der Waals surface area contributed by atoms with Crippen LogP contribution in [-0.2, 0) is 6.42 Å². The number of benzene rings is 1. The average molecular weight is 301 g/mol. The molecular weight excluding hydrogens is 284 g/mol. The third-order valence-corrected chi connectivity index (χ3v) is 4.30. The topological polar surface area (TPSA) is 33.2 Å². The van der Waals surface area contributed by atoms with Crippen molar-refractivity contribution in [3.05, 3.63) is 64.4 Å². The van der Waals surface area contributed by atoms with Gasteiger partial charge < -0.3 is 4.90 Å². The lowest BCUT2D eigenvalue weighted by atomic mass is 9.87. The molecule has 1 aliphatic rings. The Kier molecular flexibility index (Phi) is 3.93. The predicted molar refractivity (Wildman–Crippen MR) is 83.5 cm³/mol. The van der Waals surface area contributed by atoms with Gasteiger partial charge in [0.1, 0.15) is 5.69 Å². The van der Waals surface area contributed by atoms with E-state index in [1.807, 2.05) is 13.1 Å². The summed E-state index contributed by atoms with van der Waals surface area (Å²) in [5, 5.41) is 0.533. The Morgan fingerprint density at radius 2 is 2.14 bits per heavy atom. The SMILES string of the molecule is CN(C(=O)c1cc(Cl)ccn1)C1CCCc2ccccc21. The molecule has 21 heavy (non-hydrogen) atoms. The number of nitrogens with zero attached hydrogens (tertiary/aromatic N) is 2. The van der Waals surface area contributed by atoms with Crippen molar-refractivity contribution in [2.24, 2.45) is 0 Å². The minimum absolute atomic E-state index is 0.0841. The maximum absolute atomic E-state index is 12.6. The molecule has 1 heterocycles. The van der Waals surface area contributed by atoms with Gasteiger partial charge in [0.2, 0.25) is 0 Å². The Hall–Kier alpha value is -1.87. The number of amides is 1. The maximum Gasteiger partial charge on any atom is 0.272 e. The highest BCUT2D eigenvalue weighted by molar-refractivity contribution is 6.30. The first-order chi connectivity index (χ1) is 10.2. The number of fused-ring (bicyclic) bond motifs is 1. The van der Waals surface area contributed by atoms with Crippen LogP contribution >= 0.6 is 11.6 Å². The molecule has 2 aromatic rings. The van der Waals surface area contributed by atoms with Gasteiger partial charge in [0.05, 0.1) is 6.04 Å². The van der Waals surface area contributed by atoms with Gasteiger partial charge in [-0.15, -0.1) is 0 Å². The Labute approximate surface area is 129 Å². The van der Waals surface area contributed by atoms with E-state index in [1.165, 1.54) is 11.1 Å². The van der Waals surface area contributed by atoms with Crippen LogP contribution in [0.1, 0.15) is 40.5 Å². The highest BCUT2D eigenvalue weighted by atomic mass is 35.5. The second kappa shape index (κ2) is 5.86. The van der Waals surface area contributed by atoms with Crippen molar-refractivity contribution in [1.29, 1.82) is 0 Å². The number of aromatic nitrogens is 1. The lowest BCUT2D eigenvalue weighted by Crippen LogP contribution is -2.33. The number of hydrogen-bond acceptors (Lipinski definition) is 2. The van der Waals surface area contributed by atoms with Gasteiger partial charge in [0.15, 0.2) is 0 Å². The summed E-state index contributed by atoms with van der Waals surface area (Å²) in [6.45, 7) is 0. The molecule has 1 aromatic heterocycles. The molecule has 0 spiro atoms. The lowest BCUT2D eigenvalue weighted by Gasteiger charge is -2.33. The van der Waals surface area contributed by atoms with E-state index in [2.05, 4.69) is 23.2 Å². The van der Waals surface area contributed by atoms with Gasteiger partial charge in [-0.1, -0.05) is 35.9 Å². The van der Waals surface area contributed by atoms with Crippen molar-refractivity contribution in [2.75, 3.05) is 7.05 Å². The zero-order chi connectivity index (χ0) is 14.8. The molecule has 0 N–H and O–H groups in total. The monoisotopic (exact) mass is 300 g/mol. The number of rotatable bonds is 2. The first-order valence-corrected chi connectivity index (χ1v) is 7.51. The van der Waals surface area contributed by atoms with Gasteiger partial charge in [-0.3, -0.25) is 9.78 Å². The van der Waals surface area contributed by atoms with Gasteiger partial charge in [0, 0.05) is 18.3 Å². The molecule has 1 atom stereocenters. The summed E-state index contributed by atoms with van der Waals surface area (Å²) in [5.41, 5.74) is 2.99. The summed E-state index contributed by atoms with van der Waals surface area (Å²) >= 11 is 5.95. The molecule has 0 radical (unpaired) electrons. The van der Waals surface area contributed by atoms with E-state index in [-0.39, 0.29) is 11.9 Å². The molecule has 0 saturated heterocycles. The normalized spacial score (nSPS) is 17.1. The molecular formula is C17H17ClN2O. The predicted octanol–water partition coefficient (Wildman–Crippen LogP) is 3.88. The van der Waals surface area contributed by atoms with Crippen LogP contribution in [0.3, 0.4) is 0 Å². The van der Waals surface area contributed by atoms with Crippen molar-refractivity contribution in [3.63, 3.8) is 0 Å². The Balaban J connectivity index is 1.89. The number of pyridine rings is 1. The largest absolute Gasteiger partial charge is 0.333 e. The molecule has 1 aromatic carbocycles. The van der Waals surface area contributed by atoms with Gasteiger partial charge in [-0.05, 0) is 42.5 Å². The molecule has 0 saturated carbocycles. The minimum Gasteiger partial charge on any atom is -0.333 e. The van der Waals surface area contributed by atoms with Gasteiger partial charge in [-0.25, -0.2) is 0 Å². The molecule has 1 unspecified atom stereocenters. The fourth-order valence-corrected chi connectivity index (χ4v) is 3.13. The van der Waals surface area contributed by atoms with Crippen LogP contribution in [0.4, 0.5) is 0 Å². The maximum atomic E-state index is 12.6. The summed E-state index contributed by atoms with van der Waals surface area (Å²) in [5.74, 6) is -0.0841. The minimum atomic E-state index is -0.0841.